The first-order chi connectivity index (χ1) is 14.2. The number of hydrogen-bond donors (Lipinski definition) is 1. The van der Waals surface area contributed by atoms with Crippen LogP contribution in [0.15, 0.2) is 24.3 Å². The second-order valence-corrected chi connectivity index (χ2v) is 9.15. The summed E-state index contributed by atoms with van der Waals surface area (Å²) >= 11 is 0. The Balaban J connectivity index is 1.41. The number of likely N-dealkylation sites (tertiary alicyclic amines) is 1. The molecule has 8 nitrogen and oxygen atoms in total. The molecule has 0 unspecified atom stereocenters. The fourth-order valence-corrected chi connectivity index (χ4v) is 3.79. The van der Waals surface area contributed by atoms with Crippen molar-refractivity contribution in [3.8, 4) is 5.75 Å². The van der Waals surface area contributed by atoms with E-state index in [9.17, 15) is 10.0 Å². The van der Waals surface area contributed by atoms with E-state index in [2.05, 4.69) is 17.0 Å². The van der Waals surface area contributed by atoms with E-state index < -0.39 is 5.60 Å². The number of carbonyl (C=O) groups is 1. The number of hydrogen-bond acceptors (Lipinski definition) is 7. The second kappa shape index (κ2) is 9.96. The Hall–Kier alpha value is -1.87. The Morgan fingerprint density at radius 1 is 1.07 bits per heavy atom. The summed E-state index contributed by atoms with van der Waals surface area (Å²) in [7, 11) is 1.66. The van der Waals surface area contributed by atoms with Gasteiger partial charge in [-0.05, 0) is 38.5 Å². The van der Waals surface area contributed by atoms with E-state index in [0.717, 1.165) is 51.3 Å². The summed E-state index contributed by atoms with van der Waals surface area (Å²) in [6.07, 6.45) is 1.50. The molecule has 1 aromatic carbocycles. The molecule has 0 bridgehead atoms. The third kappa shape index (κ3) is 6.84. The number of piperazine rings is 1. The van der Waals surface area contributed by atoms with Crippen molar-refractivity contribution in [3.05, 3.63) is 29.8 Å². The van der Waals surface area contributed by atoms with Gasteiger partial charge in [0.1, 0.15) is 17.5 Å². The van der Waals surface area contributed by atoms with Gasteiger partial charge < -0.3 is 14.4 Å². The molecule has 2 aliphatic heterocycles. The van der Waals surface area contributed by atoms with Crippen LogP contribution in [0, 0.1) is 0 Å². The standard InChI is InChI=1S/C22H36N4O4/c1-22(2,3)30-21(27)25-11-9-20(10-12-25)29-19-7-5-18(6-8-19)17-24-13-15-26(16-14-24)23(4)28/h5-8,20,28H,9-17H2,1-4H3. The number of hydrazine groups is 1. The molecule has 2 saturated heterocycles. The van der Waals surface area contributed by atoms with Crippen molar-refractivity contribution < 1.29 is 19.5 Å². The van der Waals surface area contributed by atoms with Crippen LogP contribution >= 0.6 is 0 Å². The number of rotatable bonds is 5. The van der Waals surface area contributed by atoms with Crippen LogP contribution in [0.4, 0.5) is 4.79 Å². The Labute approximate surface area is 179 Å². The predicted octanol–water partition coefficient (Wildman–Crippen LogP) is 2.82. The predicted molar refractivity (Wildman–Crippen MR) is 114 cm³/mol. The van der Waals surface area contributed by atoms with Gasteiger partial charge in [0.2, 0.25) is 0 Å². The number of ether oxygens (including phenoxy) is 2. The number of hydroxylamine groups is 1. The maximum absolute atomic E-state index is 12.2. The van der Waals surface area contributed by atoms with E-state index in [-0.39, 0.29) is 12.2 Å². The molecule has 0 radical (unpaired) electrons. The topological polar surface area (TPSA) is 68.7 Å². The summed E-state index contributed by atoms with van der Waals surface area (Å²) in [5.41, 5.74) is 0.794. The average molecular weight is 421 g/mol. The molecule has 0 aliphatic carbocycles. The lowest BCUT2D eigenvalue weighted by Gasteiger charge is -2.36. The SMILES string of the molecule is CN(O)N1CCN(Cc2ccc(OC3CCN(C(=O)OC(C)(C)C)CC3)cc2)CC1. The van der Waals surface area contributed by atoms with Crippen molar-refractivity contribution in [2.75, 3.05) is 46.3 Å². The van der Waals surface area contributed by atoms with Crippen LogP contribution in [0.25, 0.3) is 0 Å². The highest BCUT2D eigenvalue weighted by Crippen LogP contribution is 2.21. The van der Waals surface area contributed by atoms with E-state index in [1.807, 2.05) is 37.9 Å². The molecule has 0 aromatic heterocycles. The van der Waals surface area contributed by atoms with E-state index in [1.54, 1.807) is 11.9 Å². The number of benzene rings is 1. The minimum absolute atomic E-state index is 0.123. The Bertz CT molecular complexity index is 673. The zero-order chi connectivity index (χ0) is 21.7. The van der Waals surface area contributed by atoms with Crippen LogP contribution in [-0.4, -0.2) is 89.3 Å². The maximum Gasteiger partial charge on any atom is 0.410 e. The Morgan fingerprint density at radius 3 is 2.20 bits per heavy atom. The molecule has 2 fully saturated rings. The molecule has 1 aromatic rings. The minimum Gasteiger partial charge on any atom is -0.490 e. The highest BCUT2D eigenvalue weighted by Gasteiger charge is 2.27. The largest absolute Gasteiger partial charge is 0.490 e. The van der Waals surface area contributed by atoms with Crippen molar-refractivity contribution in [1.82, 2.24) is 20.0 Å². The van der Waals surface area contributed by atoms with E-state index >= 15 is 0 Å². The van der Waals surface area contributed by atoms with Crippen LogP contribution in [0.5, 0.6) is 5.75 Å². The normalized spacial score (nSPS) is 19.9. The number of amides is 1. The highest BCUT2D eigenvalue weighted by molar-refractivity contribution is 5.68. The van der Waals surface area contributed by atoms with E-state index in [1.165, 1.54) is 10.7 Å². The molecule has 0 atom stereocenters. The van der Waals surface area contributed by atoms with Gasteiger partial charge in [-0.15, -0.1) is 5.17 Å². The Morgan fingerprint density at radius 2 is 1.67 bits per heavy atom. The van der Waals surface area contributed by atoms with Crippen molar-refractivity contribution >= 4 is 6.09 Å². The van der Waals surface area contributed by atoms with Gasteiger partial charge >= 0.3 is 6.09 Å². The molecular weight excluding hydrogens is 384 g/mol. The monoisotopic (exact) mass is 420 g/mol. The molecule has 0 saturated carbocycles. The smallest absolute Gasteiger partial charge is 0.410 e. The first kappa shape index (κ1) is 22.8. The highest BCUT2D eigenvalue weighted by atomic mass is 16.6. The van der Waals surface area contributed by atoms with E-state index in [0.29, 0.717) is 13.1 Å². The van der Waals surface area contributed by atoms with Crippen molar-refractivity contribution in [3.63, 3.8) is 0 Å². The minimum atomic E-state index is -0.463. The summed E-state index contributed by atoms with van der Waals surface area (Å²) in [6.45, 7) is 11.4. The quantitative estimate of drug-likeness (QED) is 0.735. The van der Waals surface area contributed by atoms with Crippen molar-refractivity contribution in [1.29, 1.82) is 0 Å². The van der Waals surface area contributed by atoms with Crippen LogP contribution in [0.2, 0.25) is 0 Å². The summed E-state index contributed by atoms with van der Waals surface area (Å²) in [4.78, 5) is 16.3. The molecular formula is C22H36N4O4. The third-order valence-corrected chi connectivity index (χ3v) is 5.48. The molecule has 168 valence electrons. The first-order valence-corrected chi connectivity index (χ1v) is 10.8. The van der Waals surface area contributed by atoms with Gasteiger partial charge in [-0.1, -0.05) is 12.1 Å². The summed E-state index contributed by atoms with van der Waals surface area (Å²) in [5.74, 6) is 0.876. The van der Waals surface area contributed by atoms with Crippen molar-refractivity contribution in [2.45, 2.75) is 51.9 Å². The van der Waals surface area contributed by atoms with Gasteiger partial charge in [-0.3, -0.25) is 10.1 Å². The molecule has 2 heterocycles. The second-order valence-electron chi connectivity index (χ2n) is 9.15. The van der Waals surface area contributed by atoms with E-state index in [4.69, 9.17) is 9.47 Å². The maximum atomic E-state index is 12.2. The van der Waals surface area contributed by atoms with Crippen molar-refractivity contribution in [2.24, 2.45) is 0 Å². The van der Waals surface area contributed by atoms with Gasteiger partial charge in [0.15, 0.2) is 0 Å². The summed E-state index contributed by atoms with van der Waals surface area (Å²) < 4.78 is 11.6. The molecule has 2 aliphatic rings. The molecule has 1 amide bonds. The number of nitrogens with zero attached hydrogens (tertiary/aromatic N) is 4. The summed E-state index contributed by atoms with van der Waals surface area (Å²) in [6, 6.07) is 8.31. The molecule has 0 spiro atoms. The lowest BCUT2D eigenvalue weighted by atomic mass is 10.1. The molecule has 30 heavy (non-hydrogen) atoms. The van der Waals surface area contributed by atoms with Gasteiger partial charge in [0, 0.05) is 65.7 Å². The lowest BCUT2D eigenvalue weighted by molar-refractivity contribution is -0.236. The molecule has 1 N–H and O–H groups in total. The lowest BCUT2D eigenvalue weighted by Crippen LogP contribution is -2.51. The van der Waals surface area contributed by atoms with Gasteiger partial charge in [-0.25, -0.2) is 9.80 Å². The zero-order valence-electron chi connectivity index (χ0n) is 18.7. The fraction of sp³-hybridized carbons (Fsp3) is 0.682. The first-order valence-electron chi connectivity index (χ1n) is 10.8. The van der Waals surface area contributed by atoms with Crippen LogP contribution in [0.1, 0.15) is 39.2 Å². The van der Waals surface area contributed by atoms with Crippen LogP contribution in [0.3, 0.4) is 0 Å². The molecule has 3 rings (SSSR count). The number of piperidine rings is 1. The Kier molecular flexibility index (Phi) is 7.57. The zero-order valence-corrected chi connectivity index (χ0v) is 18.7. The van der Waals surface area contributed by atoms with Gasteiger partial charge in [0.25, 0.3) is 0 Å². The van der Waals surface area contributed by atoms with Gasteiger partial charge in [0.05, 0.1) is 0 Å². The average Bonchev–Trinajstić information content (AvgIpc) is 2.69. The van der Waals surface area contributed by atoms with Gasteiger partial charge in [-0.2, -0.15) is 0 Å². The van der Waals surface area contributed by atoms with Crippen LogP contribution in [-0.2, 0) is 11.3 Å². The number of carbonyl (C=O) groups excluding carboxylic acids is 1. The van der Waals surface area contributed by atoms with Crippen LogP contribution < -0.4 is 4.74 Å². The summed E-state index contributed by atoms with van der Waals surface area (Å²) in [5, 5.41) is 12.6. The third-order valence-electron chi connectivity index (χ3n) is 5.48. The molecule has 8 heteroatoms. The fourth-order valence-electron chi connectivity index (χ4n) is 3.79.